The summed E-state index contributed by atoms with van der Waals surface area (Å²) in [6.07, 6.45) is 0.0977. The van der Waals surface area contributed by atoms with Crippen LogP contribution in [0.5, 0.6) is 0 Å². The molecule has 1 aliphatic rings. The van der Waals surface area contributed by atoms with Crippen LogP contribution in [0.4, 0.5) is 0 Å². The molecule has 1 aliphatic heterocycles. The lowest BCUT2D eigenvalue weighted by Crippen LogP contribution is -2.37. The number of fused-ring (bicyclic) bond motifs is 1. The standard InChI is InChI=1S/C18H24N4O3/c1-22(10-14(23)12-25-11-13-5-3-2-4-6-13)18(24)17-15-9-19-8-7-16(15)20-21-17/h2-6,14,19,23H,7-12H2,1H3,(H,20,21). The van der Waals surface area contributed by atoms with Gasteiger partial charge in [0.15, 0.2) is 5.69 Å². The van der Waals surface area contributed by atoms with Gasteiger partial charge >= 0.3 is 0 Å². The maximum absolute atomic E-state index is 12.6. The SMILES string of the molecule is CN(CC(O)COCc1ccccc1)C(=O)c1n[nH]c2c1CNCC2. The number of benzene rings is 1. The molecule has 0 spiro atoms. The Balaban J connectivity index is 1.48. The normalized spacial score (nSPS) is 14.8. The Morgan fingerprint density at radius 2 is 2.20 bits per heavy atom. The lowest BCUT2D eigenvalue weighted by atomic mass is 10.1. The van der Waals surface area contributed by atoms with Crippen LogP contribution in [0.1, 0.15) is 27.3 Å². The Hall–Kier alpha value is -2.22. The van der Waals surface area contributed by atoms with Crippen molar-refractivity contribution in [3.63, 3.8) is 0 Å². The number of aromatic amines is 1. The lowest BCUT2D eigenvalue weighted by Gasteiger charge is -2.21. The molecule has 0 radical (unpaired) electrons. The first-order chi connectivity index (χ1) is 12.1. The summed E-state index contributed by atoms with van der Waals surface area (Å²) in [7, 11) is 1.67. The number of H-pyrrole nitrogens is 1. The number of ether oxygens (including phenoxy) is 1. The molecule has 134 valence electrons. The first-order valence-electron chi connectivity index (χ1n) is 8.47. The fraction of sp³-hybridized carbons (Fsp3) is 0.444. The van der Waals surface area contributed by atoms with E-state index in [1.807, 2.05) is 30.3 Å². The molecule has 0 bridgehead atoms. The maximum atomic E-state index is 12.6. The van der Waals surface area contributed by atoms with Gasteiger partial charge in [-0.05, 0) is 5.56 Å². The van der Waals surface area contributed by atoms with Crippen molar-refractivity contribution in [1.82, 2.24) is 20.4 Å². The van der Waals surface area contributed by atoms with Gasteiger partial charge in [0.2, 0.25) is 0 Å². The summed E-state index contributed by atoms with van der Waals surface area (Å²) < 4.78 is 5.52. The van der Waals surface area contributed by atoms with Crippen molar-refractivity contribution < 1.29 is 14.6 Å². The van der Waals surface area contributed by atoms with E-state index in [4.69, 9.17) is 4.74 Å². The van der Waals surface area contributed by atoms with Crippen LogP contribution in [0, 0.1) is 0 Å². The molecule has 7 heteroatoms. The first-order valence-corrected chi connectivity index (χ1v) is 8.47. The van der Waals surface area contributed by atoms with Crippen molar-refractivity contribution in [2.24, 2.45) is 0 Å². The number of aromatic nitrogens is 2. The third-order valence-corrected chi connectivity index (χ3v) is 4.26. The Kier molecular flexibility index (Phi) is 5.80. The van der Waals surface area contributed by atoms with Crippen molar-refractivity contribution >= 4 is 5.91 Å². The molecule has 2 aromatic rings. The Morgan fingerprint density at radius 3 is 3.00 bits per heavy atom. The van der Waals surface area contributed by atoms with E-state index >= 15 is 0 Å². The van der Waals surface area contributed by atoms with Crippen LogP contribution in [-0.2, 0) is 24.3 Å². The highest BCUT2D eigenvalue weighted by atomic mass is 16.5. The zero-order valence-corrected chi connectivity index (χ0v) is 14.4. The number of nitrogens with one attached hydrogen (secondary N) is 2. The number of nitrogens with zero attached hydrogens (tertiary/aromatic N) is 2. The zero-order valence-electron chi connectivity index (χ0n) is 14.4. The van der Waals surface area contributed by atoms with Crippen LogP contribution < -0.4 is 5.32 Å². The summed E-state index contributed by atoms with van der Waals surface area (Å²) in [4.78, 5) is 14.1. The van der Waals surface area contributed by atoms with E-state index in [9.17, 15) is 9.90 Å². The Bertz CT molecular complexity index is 702. The number of carbonyl (C=O) groups excluding carboxylic acids is 1. The van der Waals surface area contributed by atoms with E-state index in [0.29, 0.717) is 18.8 Å². The minimum Gasteiger partial charge on any atom is -0.389 e. The summed E-state index contributed by atoms with van der Waals surface area (Å²) >= 11 is 0. The van der Waals surface area contributed by atoms with Gasteiger partial charge in [-0.25, -0.2) is 0 Å². The quantitative estimate of drug-likeness (QED) is 0.688. The Labute approximate surface area is 147 Å². The van der Waals surface area contributed by atoms with Crippen LogP contribution in [-0.4, -0.2) is 59.0 Å². The van der Waals surface area contributed by atoms with E-state index in [1.54, 1.807) is 7.05 Å². The summed E-state index contributed by atoms with van der Waals surface area (Å²) in [5, 5.41) is 20.5. The minimum absolute atomic E-state index is 0.173. The molecule has 3 rings (SSSR count). The summed E-state index contributed by atoms with van der Waals surface area (Å²) in [5.41, 5.74) is 3.43. The van der Waals surface area contributed by atoms with Crippen LogP contribution in [0.2, 0.25) is 0 Å². The van der Waals surface area contributed by atoms with Gasteiger partial charge in [0, 0.05) is 44.4 Å². The zero-order chi connectivity index (χ0) is 17.6. The average Bonchev–Trinajstić information content (AvgIpc) is 3.06. The maximum Gasteiger partial charge on any atom is 0.274 e. The van der Waals surface area contributed by atoms with Crippen LogP contribution in [0.25, 0.3) is 0 Å². The minimum atomic E-state index is -0.745. The molecule has 1 amide bonds. The van der Waals surface area contributed by atoms with Gasteiger partial charge in [-0.1, -0.05) is 30.3 Å². The average molecular weight is 344 g/mol. The van der Waals surface area contributed by atoms with Crippen LogP contribution in [0.3, 0.4) is 0 Å². The molecule has 0 saturated carbocycles. The van der Waals surface area contributed by atoms with Crippen molar-refractivity contribution in [2.45, 2.75) is 25.7 Å². The van der Waals surface area contributed by atoms with Gasteiger partial charge in [-0.15, -0.1) is 0 Å². The topological polar surface area (TPSA) is 90.5 Å². The first kappa shape index (κ1) is 17.6. The lowest BCUT2D eigenvalue weighted by molar-refractivity contribution is 0.0135. The predicted molar refractivity (Wildman–Crippen MR) is 93.1 cm³/mol. The molecule has 0 aliphatic carbocycles. The number of aliphatic hydroxyl groups is 1. The molecule has 7 nitrogen and oxygen atoms in total. The highest BCUT2D eigenvalue weighted by Crippen LogP contribution is 2.16. The molecule has 1 unspecified atom stereocenters. The fourth-order valence-corrected chi connectivity index (χ4v) is 2.92. The molecular weight excluding hydrogens is 320 g/mol. The number of amides is 1. The number of carbonyl (C=O) groups is 1. The van der Waals surface area contributed by atoms with Gasteiger partial charge in [0.05, 0.1) is 19.3 Å². The number of likely N-dealkylation sites (N-methyl/N-ethyl adjacent to an activating group) is 1. The van der Waals surface area contributed by atoms with Crippen LogP contribution >= 0.6 is 0 Å². The van der Waals surface area contributed by atoms with E-state index in [2.05, 4.69) is 15.5 Å². The largest absolute Gasteiger partial charge is 0.389 e. The third kappa shape index (κ3) is 4.45. The third-order valence-electron chi connectivity index (χ3n) is 4.26. The number of hydrogen-bond acceptors (Lipinski definition) is 5. The van der Waals surface area contributed by atoms with Crippen molar-refractivity contribution in [3.05, 3.63) is 52.8 Å². The molecule has 2 heterocycles. The van der Waals surface area contributed by atoms with E-state index in [0.717, 1.165) is 29.8 Å². The smallest absolute Gasteiger partial charge is 0.274 e. The number of aliphatic hydroxyl groups excluding tert-OH is 1. The molecule has 1 aromatic carbocycles. The van der Waals surface area contributed by atoms with Gasteiger partial charge < -0.3 is 20.1 Å². The van der Waals surface area contributed by atoms with Gasteiger partial charge in [-0.3, -0.25) is 9.89 Å². The summed E-state index contributed by atoms with van der Waals surface area (Å²) in [5.74, 6) is -0.191. The highest BCUT2D eigenvalue weighted by molar-refractivity contribution is 5.93. The Morgan fingerprint density at radius 1 is 1.40 bits per heavy atom. The second-order valence-corrected chi connectivity index (χ2v) is 6.30. The predicted octanol–water partition coefficient (Wildman–Crippen LogP) is 0.705. The molecule has 0 fully saturated rings. The number of rotatable bonds is 7. The summed E-state index contributed by atoms with van der Waals surface area (Å²) in [6.45, 7) is 2.34. The monoisotopic (exact) mass is 344 g/mol. The van der Waals surface area contributed by atoms with E-state index in [-0.39, 0.29) is 19.1 Å². The molecule has 1 atom stereocenters. The molecular formula is C18H24N4O3. The molecule has 3 N–H and O–H groups in total. The van der Waals surface area contributed by atoms with Gasteiger partial charge in [-0.2, -0.15) is 5.10 Å². The molecule has 25 heavy (non-hydrogen) atoms. The summed E-state index contributed by atoms with van der Waals surface area (Å²) in [6, 6.07) is 9.78. The van der Waals surface area contributed by atoms with Gasteiger partial charge in [0.1, 0.15) is 0 Å². The highest BCUT2D eigenvalue weighted by Gasteiger charge is 2.24. The van der Waals surface area contributed by atoms with Crippen molar-refractivity contribution in [3.8, 4) is 0 Å². The van der Waals surface area contributed by atoms with Gasteiger partial charge in [0.25, 0.3) is 5.91 Å². The number of hydrogen-bond donors (Lipinski definition) is 3. The van der Waals surface area contributed by atoms with Crippen molar-refractivity contribution in [1.29, 1.82) is 0 Å². The second kappa shape index (κ2) is 8.24. The fourth-order valence-electron chi connectivity index (χ4n) is 2.92. The van der Waals surface area contributed by atoms with E-state index < -0.39 is 6.10 Å². The second-order valence-electron chi connectivity index (χ2n) is 6.30. The molecule has 1 aromatic heterocycles. The molecule has 0 saturated heterocycles. The van der Waals surface area contributed by atoms with Crippen LogP contribution in [0.15, 0.2) is 30.3 Å². The van der Waals surface area contributed by atoms with E-state index in [1.165, 1.54) is 4.90 Å². The van der Waals surface area contributed by atoms with Crippen molar-refractivity contribution in [2.75, 3.05) is 26.7 Å².